The molecule has 27 heavy (non-hydrogen) atoms. The first-order valence-electron chi connectivity index (χ1n) is 8.77. The summed E-state index contributed by atoms with van der Waals surface area (Å²) in [5.74, 6) is 0.969. The van der Waals surface area contributed by atoms with Crippen molar-refractivity contribution in [1.82, 2.24) is 10.3 Å². The van der Waals surface area contributed by atoms with Crippen molar-refractivity contribution in [3.8, 4) is 17.0 Å². The van der Waals surface area contributed by atoms with Gasteiger partial charge in [0.2, 0.25) is 0 Å². The zero-order valence-electron chi connectivity index (χ0n) is 15.1. The molecular weight excluding hydrogens is 364 g/mol. The van der Waals surface area contributed by atoms with Crippen molar-refractivity contribution in [3.63, 3.8) is 0 Å². The Labute approximate surface area is 162 Å². The molecule has 6 heteroatoms. The van der Waals surface area contributed by atoms with Gasteiger partial charge in [0.25, 0.3) is 5.91 Å². The number of hydrogen-bond acceptors (Lipinski definition) is 4. The maximum absolute atomic E-state index is 12.3. The Bertz CT molecular complexity index is 1010. The van der Waals surface area contributed by atoms with E-state index in [2.05, 4.69) is 22.4 Å². The number of aryl methyl sites for hydroxylation is 1. The Kier molecular flexibility index (Phi) is 4.62. The standard InChI is InChI=1S/C21H19ClN2O3/c1-12-16(10-17-20(19(12)22)26-8-7-23-21(17)25)9-14-3-5-15(6-4-14)18-11-27-13(2)24-18/h3-6,10-11H,7-9H2,1-2H3,(H,23,25). The van der Waals surface area contributed by atoms with E-state index in [-0.39, 0.29) is 5.91 Å². The van der Waals surface area contributed by atoms with Gasteiger partial charge in [0.1, 0.15) is 18.6 Å². The van der Waals surface area contributed by atoms with Crippen molar-refractivity contribution in [2.45, 2.75) is 20.3 Å². The summed E-state index contributed by atoms with van der Waals surface area (Å²) in [6.45, 7) is 4.67. The lowest BCUT2D eigenvalue weighted by atomic mass is 9.96. The third kappa shape index (κ3) is 3.43. The van der Waals surface area contributed by atoms with Crippen LogP contribution in [0.2, 0.25) is 5.02 Å². The SMILES string of the molecule is Cc1nc(-c2ccc(Cc3cc4c(c(Cl)c3C)OCCNC4=O)cc2)co1. The highest BCUT2D eigenvalue weighted by Crippen LogP contribution is 2.36. The molecule has 1 N–H and O–H groups in total. The van der Waals surface area contributed by atoms with Crippen LogP contribution in [0.1, 0.15) is 32.9 Å². The van der Waals surface area contributed by atoms with Crippen LogP contribution in [0.5, 0.6) is 5.75 Å². The quantitative estimate of drug-likeness (QED) is 0.732. The van der Waals surface area contributed by atoms with Crippen LogP contribution >= 0.6 is 11.6 Å². The van der Waals surface area contributed by atoms with Crippen molar-refractivity contribution < 1.29 is 13.9 Å². The van der Waals surface area contributed by atoms with E-state index in [0.717, 1.165) is 27.9 Å². The van der Waals surface area contributed by atoms with Crippen LogP contribution < -0.4 is 10.1 Å². The molecule has 0 saturated carbocycles. The van der Waals surface area contributed by atoms with Gasteiger partial charge in [-0.1, -0.05) is 35.9 Å². The molecule has 2 aromatic carbocycles. The van der Waals surface area contributed by atoms with Gasteiger partial charge in [-0.25, -0.2) is 4.98 Å². The third-order valence-electron chi connectivity index (χ3n) is 4.72. The maximum Gasteiger partial charge on any atom is 0.255 e. The Morgan fingerprint density at radius 2 is 2.00 bits per heavy atom. The lowest BCUT2D eigenvalue weighted by molar-refractivity contribution is 0.0957. The Hall–Kier alpha value is -2.79. The molecule has 0 atom stereocenters. The van der Waals surface area contributed by atoms with Crippen LogP contribution in [0.4, 0.5) is 0 Å². The number of oxazole rings is 1. The number of nitrogens with zero attached hydrogens (tertiary/aromatic N) is 1. The molecule has 1 aliphatic rings. The lowest BCUT2D eigenvalue weighted by Gasteiger charge is -2.15. The van der Waals surface area contributed by atoms with Gasteiger partial charge in [-0.2, -0.15) is 0 Å². The first-order valence-corrected chi connectivity index (χ1v) is 9.15. The van der Waals surface area contributed by atoms with Crippen LogP contribution in [0.15, 0.2) is 41.0 Å². The van der Waals surface area contributed by atoms with Crippen LogP contribution in [0.3, 0.4) is 0 Å². The molecule has 3 aromatic rings. The molecule has 0 radical (unpaired) electrons. The maximum atomic E-state index is 12.3. The molecular formula is C21H19ClN2O3. The summed E-state index contributed by atoms with van der Waals surface area (Å²) < 4.78 is 10.9. The predicted molar refractivity (Wildman–Crippen MR) is 103 cm³/mol. The number of fused-ring (bicyclic) bond motifs is 1. The minimum Gasteiger partial charge on any atom is -0.489 e. The molecule has 0 spiro atoms. The summed E-state index contributed by atoms with van der Waals surface area (Å²) in [5, 5.41) is 3.34. The van der Waals surface area contributed by atoms with Crippen LogP contribution in [0.25, 0.3) is 11.3 Å². The number of carbonyl (C=O) groups excluding carboxylic acids is 1. The average Bonchev–Trinajstić information content (AvgIpc) is 3.01. The van der Waals surface area contributed by atoms with Gasteiger partial charge in [0, 0.05) is 12.5 Å². The highest BCUT2D eigenvalue weighted by atomic mass is 35.5. The Morgan fingerprint density at radius 1 is 1.22 bits per heavy atom. The van der Waals surface area contributed by atoms with Crippen molar-refractivity contribution in [3.05, 3.63) is 69.8 Å². The van der Waals surface area contributed by atoms with E-state index < -0.39 is 0 Å². The summed E-state index contributed by atoms with van der Waals surface area (Å²) in [7, 11) is 0. The topological polar surface area (TPSA) is 64.4 Å². The predicted octanol–water partition coefficient (Wildman–Crippen LogP) is 4.32. The van der Waals surface area contributed by atoms with E-state index in [1.807, 2.05) is 32.0 Å². The summed E-state index contributed by atoms with van der Waals surface area (Å²) in [6, 6.07) is 10.0. The molecule has 0 unspecified atom stereocenters. The van der Waals surface area contributed by atoms with Gasteiger partial charge < -0.3 is 14.5 Å². The van der Waals surface area contributed by atoms with Gasteiger partial charge in [-0.05, 0) is 36.1 Å². The molecule has 5 nitrogen and oxygen atoms in total. The summed E-state index contributed by atoms with van der Waals surface area (Å²) in [5.41, 5.74) is 5.36. The van der Waals surface area contributed by atoms with Gasteiger partial charge >= 0.3 is 0 Å². The van der Waals surface area contributed by atoms with Crippen molar-refractivity contribution in [2.75, 3.05) is 13.2 Å². The minimum atomic E-state index is -0.151. The van der Waals surface area contributed by atoms with E-state index in [0.29, 0.717) is 41.8 Å². The number of hydrogen-bond donors (Lipinski definition) is 1. The fourth-order valence-electron chi connectivity index (χ4n) is 3.19. The van der Waals surface area contributed by atoms with E-state index in [9.17, 15) is 4.79 Å². The second-order valence-corrected chi connectivity index (χ2v) is 6.96. The van der Waals surface area contributed by atoms with Crippen LogP contribution in [0, 0.1) is 13.8 Å². The van der Waals surface area contributed by atoms with E-state index >= 15 is 0 Å². The van der Waals surface area contributed by atoms with Gasteiger partial charge in [-0.15, -0.1) is 0 Å². The van der Waals surface area contributed by atoms with E-state index in [1.165, 1.54) is 0 Å². The number of ether oxygens (including phenoxy) is 1. The molecule has 2 heterocycles. The number of rotatable bonds is 3. The first-order chi connectivity index (χ1) is 13.0. The summed E-state index contributed by atoms with van der Waals surface area (Å²) in [6.07, 6.45) is 2.32. The molecule has 138 valence electrons. The number of amides is 1. The number of benzene rings is 2. The van der Waals surface area contributed by atoms with Crippen molar-refractivity contribution in [1.29, 1.82) is 0 Å². The van der Waals surface area contributed by atoms with E-state index in [4.69, 9.17) is 20.8 Å². The van der Waals surface area contributed by atoms with Gasteiger partial charge in [0.05, 0.1) is 17.1 Å². The van der Waals surface area contributed by atoms with Gasteiger partial charge in [-0.3, -0.25) is 4.79 Å². The molecule has 4 rings (SSSR count). The zero-order chi connectivity index (χ0) is 19.0. The monoisotopic (exact) mass is 382 g/mol. The highest BCUT2D eigenvalue weighted by molar-refractivity contribution is 6.33. The largest absolute Gasteiger partial charge is 0.489 e. The van der Waals surface area contributed by atoms with Crippen molar-refractivity contribution >= 4 is 17.5 Å². The zero-order valence-corrected chi connectivity index (χ0v) is 15.9. The summed E-state index contributed by atoms with van der Waals surface area (Å²) in [4.78, 5) is 16.7. The van der Waals surface area contributed by atoms with E-state index in [1.54, 1.807) is 6.26 Å². The molecule has 1 aromatic heterocycles. The molecule has 0 fully saturated rings. The first kappa shape index (κ1) is 17.6. The second kappa shape index (κ2) is 7.08. The number of nitrogens with one attached hydrogen (secondary N) is 1. The minimum absolute atomic E-state index is 0.151. The van der Waals surface area contributed by atoms with Crippen LogP contribution in [-0.2, 0) is 6.42 Å². The molecule has 0 bridgehead atoms. The van der Waals surface area contributed by atoms with Crippen molar-refractivity contribution in [2.24, 2.45) is 0 Å². The molecule has 0 aliphatic carbocycles. The fourth-order valence-corrected chi connectivity index (χ4v) is 3.47. The lowest BCUT2D eigenvalue weighted by Crippen LogP contribution is -2.24. The third-order valence-corrected chi connectivity index (χ3v) is 5.17. The molecule has 1 amide bonds. The highest BCUT2D eigenvalue weighted by Gasteiger charge is 2.22. The fraction of sp³-hybridized carbons (Fsp3) is 0.238. The number of halogens is 1. The summed E-state index contributed by atoms with van der Waals surface area (Å²) >= 11 is 6.50. The average molecular weight is 383 g/mol. The molecule has 0 saturated heterocycles. The smallest absolute Gasteiger partial charge is 0.255 e. The number of carbonyl (C=O) groups is 1. The van der Waals surface area contributed by atoms with Crippen LogP contribution in [-0.4, -0.2) is 24.0 Å². The van der Waals surface area contributed by atoms with Gasteiger partial charge in [0.15, 0.2) is 11.6 Å². The Balaban J connectivity index is 1.64. The molecule has 1 aliphatic heterocycles. The second-order valence-electron chi connectivity index (χ2n) is 6.58. The normalized spacial score (nSPS) is 13.5. The Morgan fingerprint density at radius 3 is 2.70 bits per heavy atom. The number of aromatic nitrogens is 1.